The van der Waals surface area contributed by atoms with Crippen molar-refractivity contribution in [2.45, 2.75) is 19.8 Å². The first kappa shape index (κ1) is 13.5. The largest absolute Gasteiger partial charge is 0.362 e. The molecule has 0 aliphatic heterocycles. The van der Waals surface area contributed by atoms with E-state index < -0.39 is 0 Å². The van der Waals surface area contributed by atoms with Gasteiger partial charge in [0.25, 0.3) is 0 Å². The van der Waals surface area contributed by atoms with Crippen LogP contribution in [0.25, 0.3) is 0 Å². The van der Waals surface area contributed by atoms with Crippen LogP contribution in [0.4, 0.5) is 5.69 Å². The maximum absolute atomic E-state index is 8.68. The molecule has 0 bridgehead atoms. The summed E-state index contributed by atoms with van der Waals surface area (Å²) in [5.74, 6) is 0. The number of anilines is 1. The molecular weight excluding hydrogens is 230 g/mol. The van der Waals surface area contributed by atoms with E-state index in [9.17, 15) is 0 Å². The van der Waals surface area contributed by atoms with Gasteiger partial charge in [0.15, 0.2) is 5.11 Å². The highest BCUT2D eigenvalue weighted by Gasteiger charge is 2.10. The maximum Gasteiger partial charge on any atom is 0.173 e. The smallest absolute Gasteiger partial charge is 0.173 e. The molecule has 0 saturated heterocycles. The number of para-hydroxylation sites is 1. The van der Waals surface area contributed by atoms with Crippen LogP contribution in [0.3, 0.4) is 0 Å². The fraction of sp³-hybridized carbons (Fsp3) is 0.385. The van der Waals surface area contributed by atoms with Crippen LogP contribution >= 0.6 is 12.2 Å². The summed E-state index contributed by atoms with van der Waals surface area (Å²) >= 11 is 5.34. The second-order valence-corrected chi connectivity index (χ2v) is 4.01. The Kier molecular flexibility index (Phi) is 6.05. The highest BCUT2D eigenvalue weighted by molar-refractivity contribution is 7.80. The van der Waals surface area contributed by atoms with Crippen molar-refractivity contribution in [1.82, 2.24) is 5.32 Å². The first-order valence-electron chi connectivity index (χ1n) is 5.77. The Balaban J connectivity index is 2.74. The number of nitrogens with one attached hydrogen (secondary N) is 1. The van der Waals surface area contributed by atoms with Gasteiger partial charge in [0.05, 0.1) is 12.5 Å². The standard InChI is InChI=1S/C13H17N3S/c1-2-10-15-13(17)16(11-6-9-14)12-7-4-3-5-8-12/h3-5,7-8H,2,6,10-11H2,1H3,(H,15,17). The molecule has 0 saturated carbocycles. The molecule has 0 aliphatic rings. The second-order valence-electron chi connectivity index (χ2n) is 3.63. The first-order valence-corrected chi connectivity index (χ1v) is 6.17. The molecule has 4 heteroatoms. The maximum atomic E-state index is 8.68. The molecule has 0 aromatic heterocycles. The number of thiocarbonyl (C=S) groups is 1. The van der Waals surface area contributed by atoms with Crippen molar-refractivity contribution in [2.24, 2.45) is 0 Å². The van der Waals surface area contributed by atoms with E-state index >= 15 is 0 Å². The molecule has 1 rings (SSSR count). The third-order valence-electron chi connectivity index (χ3n) is 2.29. The van der Waals surface area contributed by atoms with Gasteiger partial charge in [0, 0.05) is 18.8 Å². The first-order chi connectivity index (χ1) is 8.29. The molecule has 0 fully saturated rings. The third-order valence-corrected chi connectivity index (χ3v) is 2.65. The minimum absolute atomic E-state index is 0.461. The molecule has 0 heterocycles. The van der Waals surface area contributed by atoms with Gasteiger partial charge in [-0.05, 0) is 30.8 Å². The Morgan fingerprint density at radius 3 is 2.71 bits per heavy atom. The lowest BCUT2D eigenvalue weighted by Gasteiger charge is -2.24. The fourth-order valence-corrected chi connectivity index (χ4v) is 1.74. The molecule has 0 radical (unpaired) electrons. The molecule has 3 nitrogen and oxygen atoms in total. The minimum atomic E-state index is 0.461. The Bertz CT molecular complexity index is 383. The fourth-order valence-electron chi connectivity index (χ4n) is 1.45. The van der Waals surface area contributed by atoms with Gasteiger partial charge in [-0.2, -0.15) is 5.26 Å². The Morgan fingerprint density at radius 2 is 2.12 bits per heavy atom. The van der Waals surface area contributed by atoms with Gasteiger partial charge in [-0.25, -0.2) is 0 Å². The zero-order valence-electron chi connectivity index (χ0n) is 10.0. The summed E-state index contributed by atoms with van der Waals surface area (Å²) in [7, 11) is 0. The Hall–Kier alpha value is -1.60. The van der Waals surface area contributed by atoms with E-state index in [1.807, 2.05) is 35.2 Å². The predicted octanol–water partition coefficient (Wildman–Crippen LogP) is 2.69. The van der Waals surface area contributed by atoms with Gasteiger partial charge in [-0.3, -0.25) is 0 Å². The summed E-state index contributed by atoms with van der Waals surface area (Å²) in [6.45, 7) is 3.57. The van der Waals surface area contributed by atoms with Crippen LogP contribution < -0.4 is 10.2 Å². The van der Waals surface area contributed by atoms with Crippen LogP contribution in [0.1, 0.15) is 19.8 Å². The number of nitrogens with zero attached hydrogens (tertiary/aromatic N) is 2. The van der Waals surface area contributed by atoms with Gasteiger partial charge < -0.3 is 10.2 Å². The molecule has 90 valence electrons. The van der Waals surface area contributed by atoms with E-state index in [2.05, 4.69) is 18.3 Å². The van der Waals surface area contributed by atoms with Crippen molar-refractivity contribution in [3.63, 3.8) is 0 Å². The third kappa shape index (κ3) is 4.41. The van der Waals surface area contributed by atoms with Crippen LogP contribution in [0, 0.1) is 11.3 Å². The molecule has 0 atom stereocenters. The van der Waals surface area contributed by atoms with E-state index in [4.69, 9.17) is 17.5 Å². The Labute approximate surface area is 108 Å². The highest BCUT2D eigenvalue weighted by atomic mass is 32.1. The summed E-state index contributed by atoms with van der Waals surface area (Å²) in [5.41, 5.74) is 1.02. The zero-order chi connectivity index (χ0) is 12.5. The average Bonchev–Trinajstić information content (AvgIpc) is 2.38. The van der Waals surface area contributed by atoms with Gasteiger partial charge in [-0.1, -0.05) is 25.1 Å². The lowest BCUT2D eigenvalue weighted by atomic mass is 10.3. The molecule has 0 amide bonds. The molecule has 1 N–H and O–H groups in total. The van der Waals surface area contributed by atoms with Gasteiger partial charge >= 0.3 is 0 Å². The lowest BCUT2D eigenvalue weighted by Crippen LogP contribution is -2.40. The molecular formula is C13H17N3S. The SMILES string of the molecule is CCCNC(=S)N(CCC#N)c1ccccc1. The normalized spacial score (nSPS) is 9.41. The summed E-state index contributed by atoms with van der Waals surface area (Å²) in [6.07, 6.45) is 1.49. The number of nitriles is 1. The molecule has 0 aliphatic carbocycles. The van der Waals surface area contributed by atoms with Crippen molar-refractivity contribution < 1.29 is 0 Å². The van der Waals surface area contributed by atoms with Crippen LogP contribution in [-0.2, 0) is 0 Å². The summed E-state index contributed by atoms with van der Waals surface area (Å²) < 4.78 is 0. The van der Waals surface area contributed by atoms with Gasteiger partial charge in [-0.15, -0.1) is 0 Å². The van der Waals surface area contributed by atoms with E-state index in [-0.39, 0.29) is 0 Å². The summed E-state index contributed by atoms with van der Waals surface area (Å²) in [5, 5.41) is 12.6. The summed E-state index contributed by atoms with van der Waals surface area (Å²) in [4.78, 5) is 1.97. The minimum Gasteiger partial charge on any atom is -0.362 e. The zero-order valence-corrected chi connectivity index (χ0v) is 10.8. The quantitative estimate of drug-likeness (QED) is 0.812. The van der Waals surface area contributed by atoms with Crippen molar-refractivity contribution in [3.8, 4) is 6.07 Å². The highest BCUT2D eigenvalue weighted by Crippen LogP contribution is 2.13. The van der Waals surface area contributed by atoms with E-state index in [1.54, 1.807) is 0 Å². The monoisotopic (exact) mass is 247 g/mol. The number of hydrogen-bond donors (Lipinski definition) is 1. The van der Waals surface area contributed by atoms with Gasteiger partial charge in [0.2, 0.25) is 0 Å². The van der Waals surface area contributed by atoms with Crippen molar-refractivity contribution in [2.75, 3.05) is 18.0 Å². The predicted molar refractivity (Wildman–Crippen MR) is 74.9 cm³/mol. The van der Waals surface area contributed by atoms with Crippen LogP contribution in [-0.4, -0.2) is 18.2 Å². The molecule has 0 spiro atoms. The van der Waals surface area contributed by atoms with Crippen LogP contribution in [0.2, 0.25) is 0 Å². The van der Waals surface area contributed by atoms with Crippen LogP contribution in [0.15, 0.2) is 30.3 Å². The Morgan fingerprint density at radius 1 is 1.41 bits per heavy atom. The molecule has 1 aromatic rings. The topological polar surface area (TPSA) is 39.1 Å². The van der Waals surface area contributed by atoms with Crippen molar-refractivity contribution in [1.29, 1.82) is 5.26 Å². The number of rotatable bonds is 5. The average molecular weight is 247 g/mol. The van der Waals surface area contributed by atoms with Crippen molar-refractivity contribution in [3.05, 3.63) is 30.3 Å². The molecule has 1 aromatic carbocycles. The summed E-state index contributed by atoms with van der Waals surface area (Å²) in [6, 6.07) is 12.0. The molecule has 0 unspecified atom stereocenters. The molecule has 17 heavy (non-hydrogen) atoms. The van der Waals surface area contributed by atoms with Crippen molar-refractivity contribution >= 4 is 23.0 Å². The number of benzene rings is 1. The van der Waals surface area contributed by atoms with E-state index in [0.717, 1.165) is 18.7 Å². The van der Waals surface area contributed by atoms with E-state index in [1.165, 1.54) is 0 Å². The van der Waals surface area contributed by atoms with Crippen LogP contribution in [0.5, 0.6) is 0 Å². The lowest BCUT2D eigenvalue weighted by molar-refractivity contribution is 0.824. The second kappa shape index (κ2) is 7.64. The van der Waals surface area contributed by atoms with E-state index in [0.29, 0.717) is 18.1 Å². The van der Waals surface area contributed by atoms with Gasteiger partial charge in [0.1, 0.15) is 0 Å². The number of hydrogen-bond acceptors (Lipinski definition) is 2.